The number of rotatable bonds is 9. The third-order valence-electron chi connectivity index (χ3n) is 14.0. The molecule has 12 aromatic carbocycles. The van der Waals surface area contributed by atoms with Gasteiger partial charge >= 0.3 is 0 Å². The molecule has 2 nitrogen and oxygen atoms in total. The summed E-state index contributed by atoms with van der Waals surface area (Å²) in [4.78, 5) is 2.46. The SMILES string of the molecule is c1ccc(-c2ccc(-c3ccc(N(c4ccc(-c5ccccc5-n5c6ccccc6c6ccccc65)cc4)c4cc(-c5cccc6ccccc56)ccc4-c4cccc5ccccc45)cc3)cc2)cc1. The summed E-state index contributed by atoms with van der Waals surface area (Å²) in [6.45, 7) is 0. The van der Waals surface area contributed by atoms with E-state index in [1.165, 1.54) is 82.3 Å². The van der Waals surface area contributed by atoms with E-state index in [1.54, 1.807) is 0 Å². The molecular weight excluding hydrogens is 845 g/mol. The van der Waals surface area contributed by atoms with Gasteiger partial charge in [0.2, 0.25) is 0 Å². The topological polar surface area (TPSA) is 8.17 Å². The van der Waals surface area contributed by atoms with Crippen LogP contribution < -0.4 is 4.90 Å². The van der Waals surface area contributed by atoms with Gasteiger partial charge in [0.05, 0.1) is 22.4 Å². The first-order chi connectivity index (χ1) is 34.7. The van der Waals surface area contributed by atoms with Crippen LogP contribution in [0.2, 0.25) is 0 Å². The molecule has 0 bridgehead atoms. The van der Waals surface area contributed by atoms with E-state index in [9.17, 15) is 0 Å². The van der Waals surface area contributed by atoms with Crippen molar-refractivity contribution < 1.29 is 0 Å². The standard InChI is InChI=1S/C68H46N2/c1-2-16-47(17-3-1)48-32-34-49(35-33-48)50-36-41-55(42-37-50)69(56-43-38-53(39-44-56)60-24-8-11-29-65(60)70-66-30-12-9-25-62(66)63-26-10-13-31-67(63)70)68-46-54(59-27-14-20-51-18-4-6-22-57(51)59)40-45-64(68)61-28-15-21-52-19-5-7-23-58(52)61/h1-46H. The van der Waals surface area contributed by atoms with Gasteiger partial charge in [0.15, 0.2) is 0 Å². The molecule has 0 saturated carbocycles. The highest BCUT2D eigenvalue weighted by atomic mass is 15.1. The summed E-state index contributed by atoms with van der Waals surface area (Å²) < 4.78 is 2.42. The number of benzene rings is 12. The zero-order chi connectivity index (χ0) is 46.4. The van der Waals surface area contributed by atoms with Crippen LogP contribution in [0.25, 0.3) is 105 Å². The van der Waals surface area contributed by atoms with Gasteiger partial charge in [-0.2, -0.15) is 0 Å². The highest BCUT2D eigenvalue weighted by Crippen LogP contribution is 2.46. The molecule has 0 aliphatic rings. The summed E-state index contributed by atoms with van der Waals surface area (Å²) in [5.41, 5.74) is 18.6. The summed E-state index contributed by atoms with van der Waals surface area (Å²) in [6.07, 6.45) is 0. The largest absolute Gasteiger partial charge is 0.310 e. The highest BCUT2D eigenvalue weighted by molar-refractivity contribution is 6.10. The van der Waals surface area contributed by atoms with E-state index >= 15 is 0 Å². The fraction of sp³-hybridized carbons (Fsp3) is 0. The van der Waals surface area contributed by atoms with Gasteiger partial charge in [-0.05, 0) is 115 Å². The van der Waals surface area contributed by atoms with Crippen molar-refractivity contribution in [1.82, 2.24) is 4.57 Å². The van der Waals surface area contributed by atoms with Crippen LogP contribution in [-0.2, 0) is 0 Å². The summed E-state index contributed by atoms with van der Waals surface area (Å²) in [5, 5.41) is 7.39. The van der Waals surface area contributed by atoms with Crippen molar-refractivity contribution in [3.63, 3.8) is 0 Å². The monoisotopic (exact) mass is 890 g/mol. The van der Waals surface area contributed by atoms with Crippen LogP contribution in [0.5, 0.6) is 0 Å². The minimum absolute atomic E-state index is 1.06. The number of hydrogen-bond donors (Lipinski definition) is 0. The van der Waals surface area contributed by atoms with Gasteiger partial charge in [-0.1, -0.05) is 231 Å². The Morgan fingerprint density at radius 3 is 1.27 bits per heavy atom. The Labute approximate surface area is 408 Å². The van der Waals surface area contributed by atoms with Crippen molar-refractivity contribution in [2.24, 2.45) is 0 Å². The molecule has 13 aromatic rings. The minimum Gasteiger partial charge on any atom is -0.310 e. The van der Waals surface area contributed by atoms with Crippen LogP contribution >= 0.6 is 0 Å². The van der Waals surface area contributed by atoms with Crippen LogP contribution in [0.1, 0.15) is 0 Å². The average molecular weight is 891 g/mol. The van der Waals surface area contributed by atoms with E-state index in [0.29, 0.717) is 0 Å². The van der Waals surface area contributed by atoms with E-state index in [4.69, 9.17) is 0 Å². The second-order valence-corrected chi connectivity index (χ2v) is 18.0. The predicted molar refractivity (Wildman–Crippen MR) is 298 cm³/mol. The number of nitrogens with zero attached hydrogens (tertiary/aromatic N) is 2. The lowest BCUT2D eigenvalue weighted by atomic mass is 9.92. The van der Waals surface area contributed by atoms with Crippen LogP contribution in [0.15, 0.2) is 279 Å². The second-order valence-electron chi connectivity index (χ2n) is 18.0. The lowest BCUT2D eigenvalue weighted by molar-refractivity contribution is 1.18. The maximum Gasteiger partial charge on any atom is 0.0546 e. The number of anilines is 3. The van der Waals surface area contributed by atoms with Gasteiger partial charge in [-0.3, -0.25) is 0 Å². The third-order valence-corrected chi connectivity index (χ3v) is 14.0. The zero-order valence-corrected chi connectivity index (χ0v) is 38.5. The normalized spacial score (nSPS) is 11.4. The van der Waals surface area contributed by atoms with Crippen LogP contribution in [0.3, 0.4) is 0 Å². The van der Waals surface area contributed by atoms with E-state index in [0.717, 1.165) is 39.4 Å². The summed E-state index contributed by atoms with van der Waals surface area (Å²) in [7, 11) is 0. The van der Waals surface area contributed by atoms with Gasteiger partial charge in [0.25, 0.3) is 0 Å². The van der Waals surface area contributed by atoms with Crippen LogP contribution in [0, 0.1) is 0 Å². The highest BCUT2D eigenvalue weighted by Gasteiger charge is 2.22. The second kappa shape index (κ2) is 17.4. The molecule has 0 N–H and O–H groups in total. The van der Waals surface area contributed by atoms with E-state index < -0.39 is 0 Å². The Hall–Kier alpha value is -9.24. The Morgan fingerprint density at radius 1 is 0.243 bits per heavy atom. The molecule has 0 fully saturated rings. The number of hydrogen-bond acceptors (Lipinski definition) is 1. The fourth-order valence-corrected chi connectivity index (χ4v) is 10.7. The molecule has 1 aromatic heterocycles. The van der Waals surface area contributed by atoms with E-state index in [-0.39, 0.29) is 0 Å². The zero-order valence-electron chi connectivity index (χ0n) is 38.5. The van der Waals surface area contributed by atoms with Gasteiger partial charge in [0, 0.05) is 33.3 Å². The molecule has 0 saturated heterocycles. The molecule has 0 spiro atoms. The van der Waals surface area contributed by atoms with E-state index in [2.05, 4.69) is 289 Å². The van der Waals surface area contributed by atoms with Gasteiger partial charge < -0.3 is 9.47 Å². The lowest BCUT2D eigenvalue weighted by Crippen LogP contribution is -2.11. The van der Waals surface area contributed by atoms with Gasteiger partial charge in [0.1, 0.15) is 0 Å². The molecule has 0 unspecified atom stereocenters. The minimum atomic E-state index is 1.06. The van der Waals surface area contributed by atoms with Crippen LogP contribution in [-0.4, -0.2) is 4.57 Å². The molecule has 0 aliphatic heterocycles. The van der Waals surface area contributed by atoms with Crippen molar-refractivity contribution in [1.29, 1.82) is 0 Å². The molecule has 2 heteroatoms. The Balaban J connectivity index is 0.992. The molecule has 0 radical (unpaired) electrons. The van der Waals surface area contributed by atoms with Gasteiger partial charge in [-0.15, -0.1) is 0 Å². The molecule has 1 heterocycles. The fourth-order valence-electron chi connectivity index (χ4n) is 10.7. The number of aromatic nitrogens is 1. The molecule has 13 rings (SSSR count). The summed E-state index contributed by atoms with van der Waals surface area (Å²) >= 11 is 0. The molecular formula is C68H46N2. The average Bonchev–Trinajstić information content (AvgIpc) is 3.78. The first-order valence-electron chi connectivity index (χ1n) is 24.1. The number of para-hydroxylation sites is 3. The van der Waals surface area contributed by atoms with Crippen molar-refractivity contribution >= 4 is 60.4 Å². The Bertz CT molecular complexity index is 3970. The smallest absolute Gasteiger partial charge is 0.0546 e. The quantitative estimate of drug-likeness (QED) is 0.140. The molecule has 70 heavy (non-hydrogen) atoms. The number of fused-ring (bicyclic) bond motifs is 5. The van der Waals surface area contributed by atoms with E-state index in [1.807, 2.05) is 0 Å². The maximum atomic E-state index is 2.46. The summed E-state index contributed by atoms with van der Waals surface area (Å²) in [5.74, 6) is 0. The Morgan fingerprint density at radius 2 is 0.657 bits per heavy atom. The Kier molecular flexibility index (Phi) is 10.2. The van der Waals surface area contributed by atoms with Crippen molar-refractivity contribution in [3.05, 3.63) is 279 Å². The first-order valence-corrected chi connectivity index (χ1v) is 24.1. The molecule has 0 atom stereocenters. The molecule has 328 valence electrons. The third kappa shape index (κ3) is 7.22. The summed E-state index contributed by atoms with van der Waals surface area (Å²) in [6, 6.07) is 102. The van der Waals surface area contributed by atoms with Crippen molar-refractivity contribution in [3.8, 4) is 61.3 Å². The molecule has 0 amide bonds. The predicted octanol–water partition coefficient (Wildman–Crippen LogP) is 18.9. The van der Waals surface area contributed by atoms with Crippen molar-refractivity contribution in [2.45, 2.75) is 0 Å². The first kappa shape index (κ1) is 41.0. The van der Waals surface area contributed by atoms with Gasteiger partial charge in [-0.25, -0.2) is 0 Å². The van der Waals surface area contributed by atoms with Crippen LogP contribution in [0.4, 0.5) is 17.1 Å². The van der Waals surface area contributed by atoms with Crippen molar-refractivity contribution in [2.75, 3.05) is 4.90 Å². The molecule has 0 aliphatic carbocycles. The maximum absolute atomic E-state index is 2.46. The lowest BCUT2D eigenvalue weighted by Gasteiger charge is -2.29.